The average molecular weight is 276 g/mol. The van der Waals surface area contributed by atoms with Crippen LogP contribution in [0.2, 0.25) is 0 Å². The van der Waals surface area contributed by atoms with Crippen LogP contribution < -0.4 is 5.73 Å². The lowest BCUT2D eigenvalue weighted by molar-refractivity contribution is 0.0671. The number of piperidine rings is 1. The van der Waals surface area contributed by atoms with E-state index in [9.17, 15) is 4.79 Å². The van der Waals surface area contributed by atoms with Crippen LogP contribution >= 0.6 is 12.2 Å². The predicted octanol–water partition coefficient (Wildman–Crippen LogP) is 2.58. The standard InChI is InChI=1S/C15H20N2OS/c1-2-11-4-3-9-17(10-11)15(18)13-7-5-12(6-8-13)14(16)19/h5-8,11H,2-4,9-10H2,1H3,(H2,16,19). The van der Waals surface area contributed by atoms with E-state index in [1.54, 1.807) is 0 Å². The molecule has 0 bridgehead atoms. The number of carbonyl (C=O) groups is 1. The number of carbonyl (C=O) groups excluding carboxylic acids is 1. The maximum Gasteiger partial charge on any atom is 0.253 e. The first-order chi connectivity index (χ1) is 9.11. The number of rotatable bonds is 3. The maximum absolute atomic E-state index is 12.4. The van der Waals surface area contributed by atoms with E-state index in [0.717, 1.165) is 37.1 Å². The molecule has 1 aromatic rings. The van der Waals surface area contributed by atoms with Crippen LogP contribution in [-0.4, -0.2) is 28.9 Å². The summed E-state index contributed by atoms with van der Waals surface area (Å²) in [6.07, 6.45) is 3.49. The van der Waals surface area contributed by atoms with Crippen LogP contribution in [0, 0.1) is 5.92 Å². The Hall–Kier alpha value is -1.42. The second-order valence-corrected chi connectivity index (χ2v) is 5.55. The van der Waals surface area contributed by atoms with E-state index >= 15 is 0 Å². The monoisotopic (exact) mass is 276 g/mol. The van der Waals surface area contributed by atoms with E-state index in [1.165, 1.54) is 6.42 Å². The molecular formula is C15H20N2OS. The zero-order valence-electron chi connectivity index (χ0n) is 11.3. The molecule has 19 heavy (non-hydrogen) atoms. The van der Waals surface area contributed by atoms with E-state index in [2.05, 4.69) is 6.92 Å². The Bertz CT molecular complexity index is 470. The summed E-state index contributed by atoms with van der Waals surface area (Å²) in [6, 6.07) is 7.26. The van der Waals surface area contributed by atoms with Crippen molar-refractivity contribution in [2.75, 3.05) is 13.1 Å². The average Bonchev–Trinajstić information content (AvgIpc) is 2.46. The quantitative estimate of drug-likeness (QED) is 0.863. The Morgan fingerprint density at radius 1 is 1.37 bits per heavy atom. The van der Waals surface area contributed by atoms with E-state index in [0.29, 0.717) is 10.9 Å². The first-order valence-electron chi connectivity index (χ1n) is 6.81. The fraction of sp³-hybridized carbons (Fsp3) is 0.467. The van der Waals surface area contributed by atoms with Gasteiger partial charge in [0, 0.05) is 24.2 Å². The molecule has 102 valence electrons. The number of hydrogen-bond donors (Lipinski definition) is 1. The van der Waals surface area contributed by atoms with Crippen molar-refractivity contribution in [1.29, 1.82) is 0 Å². The lowest BCUT2D eigenvalue weighted by Crippen LogP contribution is -2.39. The molecule has 1 atom stereocenters. The Labute approximate surface area is 119 Å². The van der Waals surface area contributed by atoms with Crippen LogP contribution in [0.1, 0.15) is 42.1 Å². The Balaban J connectivity index is 2.08. The number of amides is 1. The van der Waals surface area contributed by atoms with Gasteiger partial charge in [-0.05, 0) is 30.9 Å². The Morgan fingerprint density at radius 3 is 2.58 bits per heavy atom. The van der Waals surface area contributed by atoms with Gasteiger partial charge in [0.05, 0.1) is 0 Å². The van der Waals surface area contributed by atoms with E-state index < -0.39 is 0 Å². The maximum atomic E-state index is 12.4. The van der Waals surface area contributed by atoms with Gasteiger partial charge >= 0.3 is 0 Å². The van der Waals surface area contributed by atoms with Gasteiger partial charge in [-0.1, -0.05) is 37.7 Å². The van der Waals surface area contributed by atoms with Gasteiger partial charge in [0.2, 0.25) is 0 Å². The first-order valence-corrected chi connectivity index (χ1v) is 7.21. The summed E-state index contributed by atoms with van der Waals surface area (Å²) < 4.78 is 0. The number of benzene rings is 1. The largest absolute Gasteiger partial charge is 0.389 e. The molecule has 1 fully saturated rings. The second-order valence-electron chi connectivity index (χ2n) is 5.11. The van der Waals surface area contributed by atoms with Gasteiger partial charge in [0.25, 0.3) is 5.91 Å². The van der Waals surface area contributed by atoms with Gasteiger partial charge in [-0.2, -0.15) is 0 Å². The molecule has 0 radical (unpaired) electrons. The molecule has 1 aliphatic rings. The zero-order chi connectivity index (χ0) is 13.8. The van der Waals surface area contributed by atoms with E-state index in [1.807, 2.05) is 29.2 Å². The fourth-order valence-corrected chi connectivity index (χ4v) is 2.68. The minimum atomic E-state index is 0.118. The second kappa shape index (κ2) is 6.15. The molecule has 1 aromatic carbocycles. The number of nitrogens with two attached hydrogens (primary N) is 1. The SMILES string of the molecule is CCC1CCCN(C(=O)c2ccc(C(N)=S)cc2)C1. The van der Waals surface area contributed by atoms with Gasteiger partial charge in [-0.15, -0.1) is 0 Å². The molecule has 4 heteroatoms. The molecule has 1 heterocycles. The molecule has 0 aliphatic carbocycles. The van der Waals surface area contributed by atoms with Crippen LogP contribution in [-0.2, 0) is 0 Å². The van der Waals surface area contributed by atoms with Gasteiger partial charge in [0.15, 0.2) is 0 Å². The van der Waals surface area contributed by atoms with Crippen LogP contribution in [0.25, 0.3) is 0 Å². The number of thiocarbonyl (C=S) groups is 1. The third-order valence-electron chi connectivity index (χ3n) is 3.80. The van der Waals surface area contributed by atoms with Crippen molar-refractivity contribution in [2.24, 2.45) is 11.7 Å². The van der Waals surface area contributed by atoms with Gasteiger partial charge in [-0.3, -0.25) is 4.79 Å². The highest BCUT2D eigenvalue weighted by Crippen LogP contribution is 2.21. The van der Waals surface area contributed by atoms with Gasteiger partial charge in [-0.25, -0.2) is 0 Å². The molecule has 0 spiro atoms. The number of hydrogen-bond acceptors (Lipinski definition) is 2. The third-order valence-corrected chi connectivity index (χ3v) is 4.04. The van der Waals surface area contributed by atoms with Crippen molar-refractivity contribution in [3.05, 3.63) is 35.4 Å². The Kier molecular flexibility index (Phi) is 4.53. The minimum Gasteiger partial charge on any atom is -0.389 e. The van der Waals surface area contributed by atoms with Crippen molar-refractivity contribution in [3.63, 3.8) is 0 Å². The minimum absolute atomic E-state index is 0.118. The van der Waals surface area contributed by atoms with E-state index in [-0.39, 0.29) is 5.91 Å². The lowest BCUT2D eigenvalue weighted by Gasteiger charge is -2.32. The van der Waals surface area contributed by atoms with Gasteiger partial charge in [0.1, 0.15) is 4.99 Å². The van der Waals surface area contributed by atoms with Crippen molar-refractivity contribution in [2.45, 2.75) is 26.2 Å². The predicted molar refractivity (Wildman–Crippen MR) is 81.2 cm³/mol. The molecule has 1 unspecified atom stereocenters. The highest BCUT2D eigenvalue weighted by atomic mass is 32.1. The molecule has 1 aliphatic heterocycles. The van der Waals surface area contributed by atoms with Crippen molar-refractivity contribution < 1.29 is 4.79 Å². The summed E-state index contributed by atoms with van der Waals surface area (Å²) in [4.78, 5) is 14.7. The van der Waals surface area contributed by atoms with Crippen molar-refractivity contribution >= 4 is 23.1 Å². The molecule has 1 saturated heterocycles. The van der Waals surface area contributed by atoms with E-state index in [4.69, 9.17) is 18.0 Å². The first kappa shape index (κ1) is 14.0. The molecule has 0 saturated carbocycles. The van der Waals surface area contributed by atoms with Crippen LogP contribution in [0.5, 0.6) is 0 Å². The van der Waals surface area contributed by atoms with Crippen molar-refractivity contribution in [1.82, 2.24) is 4.90 Å². The summed E-state index contributed by atoms with van der Waals surface area (Å²) in [5, 5.41) is 0. The third kappa shape index (κ3) is 3.32. The summed E-state index contributed by atoms with van der Waals surface area (Å²) in [7, 11) is 0. The van der Waals surface area contributed by atoms with Gasteiger partial charge < -0.3 is 10.6 Å². The fourth-order valence-electron chi connectivity index (χ4n) is 2.54. The Morgan fingerprint density at radius 2 is 2.00 bits per heavy atom. The van der Waals surface area contributed by atoms with Crippen LogP contribution in [0.3, 0.4) is 0 Å². The molecule has 3 nitrogen and oxygen atoms in total. The highest BCUT2D eigenvalue weighted by molar-refractivity contribution is 7.80. The summed E-state index contributed by atoms with van der Waals surface area (Å²) >= 11 is 4.91. The smallest absolute Gasteiger partial charge is 0.253 e. The van der Waals surface area contributed by atoms with Crippen molar-refractivity contribution in [3.8, 4) is 0 Å². The lowest BCUT2D eigenvalue weighted by atomic mass is 9.95. The number of likely N-dealkylation sites (tertiary alicyclic amines) is 1. The molecule has 0 aromatic heterocycles. The molecular weight excluding hydrogens is 256 g/mol. The zero-order valence-corrected chi connectivity index (χ0v) is 12.1. The normalized spacial score (nSPS) is 19.2. The number of nitrogens with zero attached hydrogens (tertiary/aromatic N) is 1. The topological polar surface area (TPSA) is 46.3 Å². The molecule has 2 N–H and O–H groups in total. The summed E-state index contributed by atoms with van der Waals surface area (Å²) in [6.45, 7) is 3.94. The van der Waals surface area contributed by atoms with Crippen LogP contribution in [0.4, 0.5) is 0 Å². The van der Waals surface area contributed by atoms with Crippen LogP contribution in [0.15, 0.2) is 24.3 Å². The summed E-state index contributed by atoms with van der Waals surface area (Å²) in [5.74, 6) is 0.765. The molecule has 2 rings (SSSR count). The summed E-state index contributed by atoms with van der Waals surface area (Å²) in [5.41, 5.74) is 7.08. The highest BCUT2D eigenvalue weighted by Gasteiger charge is 2.23. The molecule has 1 amide bonds.